The second-order valence-electron chi connectivity index (χ2n) is 3.88. The number of halogens is 3. The average molecular weight is 344 g/mol. The summed E-state index contributed by atoms with van der Waals surface area (Å²) in [6.45, 7) is 0. The van der Waals surface area contributed by atoms with E-state index >= 15 is 0 Å². The van der Waals surface area contributed by atoms with Gasteiger partial charge in [-0.05, 0) is 23.8 Å². The van der Waals surface area contributed by atoms with Gasteiger partial charge in [0, 0.05) is 11.4 Å². The van der Waals surface area contributed by atoms with Crippen molar-refractivity contribution in [1.82, 2.24) is 0 Å². The standard InChI is InChI=1S/C13H8BrF2NO3/c14-7-8-4-11(15)13(12(16)5-8)20-10-3-1-2-9(6-10)17(18)19/h1-6H,7H2. The Morgan fingerprint density at radius 1 is 1.20 bits per heavy atom. The van der Waals surface area contributed by atoms with Crippen molar-refractivity contribution in [1.29, 1.82) is 0 Å². The molecule has 0 spiro atoms. The third-order valence-corrected chi connectivity index (χ3v) is 3.11. The van der Waals surface area contributed by atoms with Gasteiger partial charge in [-0.1, -0.05) is 22.0 Å². The Balaban J connectivity index is 2.35. The topological polar surface area (TPSA) is 52.4 Å². The molecule has 4 nitrogen and oxygen atoms in total. The normalized spacial score (nSPS) is 10.3. The molecule has 0 unspecified atom stereocenters. The van der Waals surface area contributed by atoms with Gasteiger partial charge in [-0.3, -0.25) is 10.1 Å². The monoisotopic (exact) mass is 343 g/mol. The largest absolute Gasteiger partial charge is 0.451 e. The van der Waals surface area contributed by atoms with E-state index in [0.29, 0.717) is 10.9 Å². The van der Waals surface area contributed by atoms with E-state index in [9.17, 15) is 18.9 Å². The van der Waals surface area contributed by atoms with Gasteiger partial charge >= 0.3 is 0 Å². The van der Waals surface area contributed by atoms with Crippen LogP contribution in [-0.2, 0) is 5.33 Å². The van der Waals surface area contributed by atoms with Crippen molar-refractivity contribution in [3.8, 4) is 11.5 Å². The van der Waals surface area contributed by atoms with Crippen LogP contribution < -0.4 is 4.74 Å². The number of rotatable bonds is 4. The first kappa shape index (κ1) is 14.4. The first-order valence-corrected chi connectivity index (χ1v) is 6.59. The molecule has 0 atom stereocenters. The lowest BCUT2D eigenvalue weighted by Crippen LogP contribution is -1.95. The number of ether oxygens (including phenoxy) is 1. The summed E-state index contributed by atoms with van der Waals surface area (Å²) in [4.78, 5) is 10.0. The summed E-state index contributed by atoms with van der Waals surface area (Å²) in [6.07, 6.45) is 0. The number of hydrogen-bond acceptors (Lipinski definition) is 3. The smallest absolute Gasteiger partial charge is 0.273 e. The molecule has 20 heavy (non-hydrogen) atoms. The first-order chi connectivity index (χ1) is 9.51. The van der Waals surface area contributed by atoms with Crippen LogP contribution in [0.15, 0.2) is 36.4 Å². The lowest BCUT2D eigenvalue weighted by atomic mass is 10.2. The molecule has 0 aliphatic rings. The predicted molar refractivity (Wildman–Crippen MR) is 72.2 cm³/mol. The van der Waals surface area contributed by atoms with Gasteiger partial charge in [0.05, 0.1) is 11.0 Å². The number of nitro groups is 1. The second-order valence-corrected chi connectivity index (χ2v) is 4.44. The van der Waals surface area contributed by atoms with Gasteiger partial charge in [0.15, 0.2) is 17.4 Å². The lowest BCUT2D eigenvalue weighted by Gasteiger charge is -2.09. The molecule has 0 amide bonds. The molecule has 0 aromatic heterocycles. The quantitative estimate of drug-likeness (QED) is 0.464. The molecule has 2 aromatic rings. The van der Waals surface area contributed by atoms with Crippen LogP contribution in [0, 0.1) is 21.7 Å². The van der Waals surface area contributed by atoms with Crippen LogP contribution >= 0.6 is 15.9 Å². The van der Waals surface area contributed by atoms with Crippen molar-refractivity contribution < 1.29 is 18.4 Å². The fourth-order valence-electron chi connectivity index (χ4n) is 1.57. The SMILES string of the molecule is O=[N+]([O-])c1cccc(Oc2c(F)cc(CBr)cc2F)c1. The Hall–Kier alpha value is -2.02. The van der Waals surface area contributed by atoms with Crippen molar-refractivity contribution in [2.24, 2.45) is 0 Å². The van der Waals surface area contributed by atoms with Crippen LogP contribution in [0.5, 0.6) is 11.5 Å². The molecule has 0 aliphatic heterocycles. The van der Waals surface area contributed by atoms with E-state index < -0.39 is 22.3 Å². The highest BCUT2D eigenvalue weighted by Crippen LogP contribution is 2.30. The summed E-state index contributed by atoms with van der Waals surface area (Å²) in [5.41, 5.74) is 0.201. The number of alkyl halides is 1. The molecule has 2 aromatic carbocycles. The summed E-state index contributed by atoms with van der Waals surface area (Å²) >= 11 is 3.09. The zero-order chi connectivity index (χ0) is 14.7. The molecule has 2 rings (SSSR count). The minimum Gasteiger partial charge on any atom is -0.451 e. The Bertz CT molecular complexity index is 641. The number of hydrogen-bond donors (Lipinski definition) is 0. The van der Waals surface area contributed by atoms with Gasteiger partial charge in [-0.15, -0.1) is 0 Å². The van der Waals surface area contributed by atoms with Crippen molar-refractivity contribution in [3.05, 3.63) is 63.7 Å². The third-order valence-electron chi connectivity index (χ3n) is 2.46. The number of nitrogens with zero attached hydrogens (tertiary/aromatic N) is 1. The van der Waals surface area contributed by atoms with Crippen LogP contribution in [0.2, 0.25) is 0 Å². The highest BCUT2D eigenvalue weighted by Gasteiger charge is 2.15. The van der Waals surface area contributed by atoms with Gasteiger partial charge in [-0.25, -0.2) is 8.78 Å². The highest BCUT2D eigenvalue weighted by molar-refractivity contribution is 9.08. The van der Waals surface area contributed by atoms with E-state index in [1.54, 1.807) is 0 Å². The molecule has 104 valence electrons. The van der Waals surface area contributed by atoms with Crippen LogP contribution in [-0.4, -0.2) is 4.92 Å². The van der Waals surface area contributed by atoms with Crippen molar-refractivity contribution in [2.45, 2.75) is 5.33 Å². The van der Waals surface area contributed by atoms with Crippen molar-refractivity contribution in [3.63, 3.8) is 0 Å². The summed E-state index contributed by atoms with van der Waals surface area (Å²) < 4.78 is 32.5. The van der Waals surface area contributed by atoms with E-state index in [1.807, 2.05) is 0 Å². The minimum absolute atomic E-state index is 0.0106. The summed E-state index contributed by atoms with van der Waals surface area (Å²) in [5.74, 6) is -2.34. The summed E-state index contributed by atoms with van der Waals surface area (Å²) in [7, 11) is 0. The van der Waals surface area contributed by atoms with Gasteiger partial charge in [0.1, 0.15) is 5.75 Å². The maximum atomic E-state index is 13.7. The number of nitro benzene ring substituents is 1. The van der Waals surface area contributed by atoms with Gasteiger partial charge in [-0.2, -0.15) is 0 Å². The van der Waals surface area contributed by atoms with Gasteiger partial charge < -0.3 is 4.74 Å². The molecule has 0 bridgehead atoms. The number of benzene rings is 2. The van der Waals surface area contributed by atoms with Gasteiger partial charge in [0.2, 0.25) is 0 Å². The Labute approximate surface area is 121 Å². The minimum atomic E-state index is -0.869. The van der Waals surface area contributed by atoms with Crippen LogP contribution in [0.4, 0.5) is 14.5 Å². The molecule has 0 heterocycles. The summed E-state index contributed by atoms with van der Waals surface area (Å²) in [5, 5.41) is 10.9. The van der Waals surface area contributed by atoms with Crippen LogP contribution in [0.3, 0.4) is 0 Å². The molecule has 0 fully saturated rings. The van der Waals surface area contributed by atoms with E-state index in [2.05, 4.69) is 15.9 Å². The summed E-state index contributed by atoms with van der Waals surface area (Å²) in [6, 6.07) is 7.36. The fraction of sp³-hybridized carbons (Fsp3) is 0.0769. The lowest BCUT2D eigenvalue weighted by molar-refractivity contribution is -0.384. The fourth-order valence-corrected chi connectivity index (χ4v) is 1.89. The second kappa shape index (κ2) is 5.96. The molecule has 0 aliphatic carbocycles. The molecule has 0 radical (unpaired) electrons. The highest BCUT2D eigenvalue weighted by atomic mass is 79.9. The van der Waals surface area contributed by atoms with Crippen molar-refractivity contribution >= 4 is 21.6 Å². The zero-order valence-electron chi connectivity index (χ0n) is 9.98. The zero-order valence-corrected chi connectivity index (χ0v) is 11.6. The maximum Gasteiger partial charge on any atom is 0.273 e. The average Bonchev–Trinajstić information content (AvgIpc) is 2.42. The van der Waals surface area contributed by atoms with Crippen molar-refractivity contribution in [2.75, 3.05) is 0 Å². The van der Waals surface area contributed by atoms with E-state index in [4.69, 9.17) is 4.74 Å². The van der Waals surface area contributed by atoms with E-state index in [1.165, 1.54) is 18.2 Å². The molecular formula is C13H8BrF2NO3. The maximum absolute atomic E-state index is 13.7. The predicted octanol–water partition coefficient (Wildman–Crippen LogP) is 4.56. The van der Waals surface area contributed by atoms with E-state index in [-0.39, 0.29) is 11.4 Å². The van der Waals surface area contributed by atoms with Crippen LogP contribution in [0.25, 0.3) is 0 Å². The number of non-ortho nitro benzene ring substituents is 1. The Kier molecular flexibility index (Phi) is 4.29. The van der Waals surface area contributed by atoms with Crippen LogP contribution in [0.1, 0.15) is 5.56 Å². The van der Waals surface area contributed by atoms with E-state index in [0.717, 1.165) is 18.2 Å². The Morgan fingerprint density at radius 2 is 1.85 bits per heavy atom. The third kappa shape index (κ3) is 3.11. The molecular weight excluding hydrogens is 336 g/mol. The van der Waals surface area contributed by atoms with Gasteiger partial charge in [0.25, 0.3) is 5.69 Å². The molecule has 0 saturated carbocycles. The molecule has 7 heteroatoms. The first-order valence-electron chi connectivity index (χ1n) is 5.47. The Morgan fingerprint density at radius 3 is 2.40 bits per heavy atom. The molecule has 0 N–H and O–H groups in total. The molecule has 0 saturated heterocycles.